The van der Waals surface area contributed by atoms with E-state index in [1.54, 1.807) is 6.07 Å². The van der Waals surface area contributed by atoms with Crippen molar-refractivity contribution in [1.29, 1.82) is 5.26 Å². The van der Waals surface area contributed by atoms with Gasteiger partial charge in [0.2, 0.25) is 0 Å². The lowest BCUT2D eigenvalue weighted by molar-refractivity contribution is 0.0218. The summed E-state index contributed by atoms with van der Waals surface area (Å²) in [6, 6.07) is 3.03. The maximum atomic E-state index is 9.62. The molecule has 0 amide bonds. The fraction of sp³-hybridized carbons (Fsp3) is 0.375. The van der Waals surface area contributed by atoms with Crippen LogP contribution in [0.15, 0.2) is 6.07 Å². The van der Waals surface area contributed by atoms with E-state index in [-0.39, 0.29) is 23.0 Å². The number of hydrogen-bond donors (Lipinski definition) is 3. The Kier molecular flexibility index (Phi) is 3.80. The van der Waals surface area contributed by atoms with Crippen molar-refractivity contribution in [3.63, 3.8) is 0 Å². The summed E-state index contributed by atoms with van der Waals surface area (Å²) in [7, 11) is 0. The van der Waals surface area contributed by atoms with E-state index in [4.69, 9.17) is 22.6 Å². The Morgan fingerprint density at radius 3 is 2.80 bits per heavy atom. The Labute approximate surface area is 90.9 Å². The summed E-state index contributed by atoms with van der Waals surface area (Å²) in [5.41, 5.74) is 5.60. The molecule has 1 heterocycles. The fourth-order valence-corrected chi connectivity index (χ4v) is 1.20. The summed E-state index contributed by atoms with van der Waals surface area (Å²) in [6.45, 7) is 0. The summed E-state index contributed by atoms with van der Waals surface area (Å²) in [5, 5.41) is 34.3. The van der Waals surface area contributed by atoms with Crippen molar-refractivity contribution in [2.24, 2.45) is 0 Å². The van der Waals surface area contributed by atoms with Gasteiger partial charge in [-0.25, -0.2) is 0 Å². The number of nitrogen functional groups attached to an aromatic ring is 1. The van der Waals surface area contributed by atoms with Crippen LogP contribution in [0.1, 0.15) is 18.1 Å². The van der Waals surface area contributed by atoms with Crippen LogP contribution in [-0.2, 0) is 0 Å². The van der Waals surface area contributed by atoms with Crippen molar-refractivity contribution >= 4 is 17.4 Å². The molecule has 0 aliphatic rings. The highest BCUT2D eigenvalue weighted by Gasteiger charge is 2.21. The van der Waals surface area contributed by atoms with Crippen molar-refractivity contribution in [2.45, 2.75) is 18.6 Å². The summed E-state index contributed by atoms with van der Waals surface area (Å²) in [5.74, 6) is -0.0242. The van der Waals surface area contributed by atoms with E-state index < -0.39 is 12.2 Å². The summed E-state index contributed by atoms with van der Waals surface area (Å²) >= 11 is 5.56. The molecule has 1 rings (SSSR count). The minimum Gasteiger partial charge on any atom is -0.389 e. The summed E-state index contributed by atoms with van der Waals surface area (Å²) < 4.78 is 0. The second-order valence-corrected chi connectivity index (χ2v) is 3.27. The van der Waals surface area contributed by atoms with E-state index in [9.17, 15) is 10.2 Å². The maximum Gasteiger partial charge on any atom is 0.152 e. The Morgan fingerprint density at radius 1 is 1.53 bits per heavy atom. The molecule has 0 saturated carbocycles. The molecule has 2 unspecified atom stereocenters. The predicted octanol–water partition coefficient (Wildman–Crippen LogP) is 0.0202. The number of anilines is 1. The van der Waals surface area contributed by atoms with E-state index in [2.05, 4.69) is 10.2 Å². The predicted molar refractivity (Wildman–Crippen MR) is 52.7 cm³/mol. The molecule has 15 heavy (non-hydrogen) atoms. The monoisotopic (exact) mass is 228 g/mol. The zero-order chi connectivity index (χ0) is 11.4. The van der Waals surface area contributed by atoms with Gasteiger partial charge in [-0.3, -0.25) is 0 Å². The average Bonchev–Trinajstić information content (AvgIpc) is 2.21. The number of nitriles is 1. The first kappa shape index (κ1) is 11.7. The molecule has 1 aromatic heterocycles. The molecule has 1 aromatic rings. The van der Waals surface area contributed by atoms with Gasteiger partial charge in [0.1, 0.15) is 6.10 Å². The Balaban J connectivity index is 2.95. The van der Waals surface area contributed by atoms with Crippen LogP contribution in [0.4, 0.5) is 5.82 Å². The molecule has 4 N–H and O–H groups in total. The first-order valence-electron chi connectivity index (χ1n) is 4.08. The molecule has 6 nitrogen and oxygen atoms in total. The van der Waals surface area contributed by atoms with Crippen molar-refractivity contribution in [1.82, 2.24) is 10.2 Å². The number of halogens is 1. The van der Waals surface area contributed by atoms with Crippen molar-refractivity contribution < 1.29 is 10.2 Å². The normalized spacial score (nSPS) is 14.3. The molecule has 0 spiro atoms. The fourth-order valence-electron chi connectivity index (χ4n) is 1.04. The SMILES string of the molecule is N#CCC(O)C(O)c1cc(Cl)nnc1N. The molecule has 0 aliphatic carbocycles. The van der Waals surface area contributed by atoms with Crippen molar-refractivity contribution in [3.8, 4) is 6.07 Å². The van der Waals surface area contributed by atoms with Gasteiger partial charge >= 0.3 is 0 Å². The minimum absolute atomic E-state index is 0.0242. The van der Waals surface area contributed by atoms with Gasteiger partial charge in [-0.05, 0) is 6.07 Å². The number of aliphatic hydroxyl groups is 2. The Bertz CT molecular complexity index is 393. The lowest BCUT2D eigenvalue weighted by Gasteiger charge is -2.16. The van der Waals surface area contributed by atoms with Gasteiger partial charge in [-0.1, -0.05) is 11.6 Å². The molecular weight excluding hydrogens is 220 g/mol. The smallest absolute Gasteiger partial charge is 0.152 e. The third kappa shape index (κ3) is 2.76. The van der Waals surface area contributed by atoms with Crippen LogP contribution < -0.4 is 5.73 Å². The molecule has 0 radical (unpaired) electrons. The highest BCUT2D eigenvalue weighted by Crippen LogP contribution is 2.24. The van der Waals surface area contributed by atoms with Crippen molar-refractivity contribution in [2.75, 3.05) is 5.73 Å². The van der Waals surface area contributed by atoms with Crippen LogP contribution in [0.5, 0.6) is 0 Å². The van der Waals surface area contributed by atoms with Gasteiger partial charge in [0.25, 0.3) is 0 Å². The highest BCUT2D eigenvalue weighted by molar-refractivity contribution is 6.29. The molecule has 7 heteroatoms. The van der Waals surface area contributed by atoms with Crippen LogP contribution in [0.2, 0.25) is 5.15 Å². The first-order chi connectivity index (χ1) is 7.06. The Morgan fingerprint density at radius 2 is 2.20 bits per heavy atom. The second kappa shape index (κ2) is 4.89. The van der Waals surface area contributed by atoms with Gasteiger partial charge < -0.3 is 15.9 Å². The number of nitrogens with zero attached hydrogens (tertiary/aromatic N) is 3. The standard InChI is InChI=1S/C8H9ClN4O2/c9-6-3-4(8(11)13-12-6)7(15)5(14)1-2-10/h3,5,7,14-15H,1H2,(H2,11,13). The van der Waals surface area contributed by atoms with Crippen LogP contribution in [0.3, 0.4) is 0 Å². The first-order valence-corrected chi connectivity index (χ1v) is 4.45. The number of aromatic nitrogens is 2. The van der Waals surface area contributed by atoms with Crippen LogP contribution in [0.25, 0.3) is 0 Å². The van der Waals surface area contributed by atoms with E-state index in [0.717, 1.165) is 0 Å². The lowest BCUT2D eigenvalue weighted by atomic mass is 10.0. The topological polar surface area (TPSA) is 116 Å². The van der Waals surface area contributed by atoms with E-state index >= 15 is 0 Å². The van der Waals surface area contributed by atoms with Gasteiger partial charge in [0.15, 0.2) is 11.0 Å². The molecule has 80 valence electrons. The number of aliphatic hydroxyl groups excluding tert-OH is 2. The highest BCUT2D eigenvalue weighted by atomic mass is 35.5. The van der Waals surface area contributed by atoms with E-state index in [0.29, 0.717) is 0 Å². The Hall–Kier alpha value is -1.42. The lowest BCUT2D eigenvalue weighted by Crippen LogP contribution is -2.19. The summed E-state index contributed by atoms with van der Waals surface area (Å²) in [6.07, 6.45) is -2.73. The van der Waals surface area contributed by atoms with E-state index in [1.807, 2.05) is 0 Å². The largest absolute Gasteiger partial charge is 0.389 e. The molecule has 0 aliphatic heterocycles. The third-order valence-electron chi connectivity index (χ3n) is 1.81. The van der Waals surface area contributed by atoms with Crippen LogP contribution in [0, 0.1) is 11.3 Å². The van der Waals surface area contributed by atoms with Crippen molar-refractivity contribution in [3.05, 3.63) is 16.8 Å². The summed E-state index contributed by atoms with van der Waals surface area (Å²) in [4.78, 5) is 0. The van der Waals surface area contributed by atoms with Gasteiger partial charge in [0, 0.05) is 5.56 Å². The van der Waals surface area contributed by atoms with Gasteiger partial charge in [0.05, 0.1) is 18.6 Å². The minimum atomic E-state index is -1.29. The van der Waals surface area contributed by atoms with Crippen LogP contribution >= 0.6 is 11.6 Å². The van der Waals surface area contributed by atoms with Crippen LogP contribution in [-0.4, -0.2) is 26.5 Å². The number of rotatable bonds is 3. The molecule has 0 fully saturated rings. The molecular formula is C8H9ClN4O2. The zero-order valence-electron chi connectivity index (χ0n) is 7.63. The zero-order valence-corrected chi connectivity index (χ0v) is 8.39. The van der Waals surface area contributed by atoms with Gasteiger partial charge in [-0.2, -0.15) is 5.26 Å². The van der Waals surface area contributed by atoms with Gasteiger partial charge in [-0.15, -0.1) is 10.2 Å². The molecule has 0 aromatic carbocycles. The maximum absolute atomic E-state index is 9.62. The molecule has 0 bridgehead atoms. The molecule has 2 atom stereocenters. The van der Waals surface area contributed by atoms with E-state index in [1.165, 1.54) is 6.07 Å². The quantitative estimate of drug-likeness (QED) is 0.672. The third-order valence-corrected chi connectivity index (χ3v) is 1.99. The number of nitrogens with two attached hydrogens (primary N) is 1. The second-order valence-electron chi connectivity index (χ2n) is 2.88. The number of hydrogen-bond acceptors (Lipinski definition) is 6. The average molecular weight is 229 g/mol. The molecule has 0 saturated heterocycles.